The van der Waals surface area contributed by atoms with Crippen LogP contribution >= 0.6 is 31.9 Å². The van der Waals surface area contributed by atoms with Crippen LogP contribution in [0.5, 0.6) is 5.75 Å². The molecule has 2 rings (SSSR count). The van der Waals surface area contributed by atoms with E-state index in [-0.39, 0.29) is 5.91 Å². The molecular formula is C14H12Br2N2O3. The van der Waals surface area contributed by atoms with Crippen LogP contribution in [0.3, 0.4) is 0 Å². The highest BCUT2D eigenvalue weighted by Gasteiger charge is 2.08. The average Bonchev–Trinajstić information content (AvgIpc) is 2.81. The van der Waals surface area contributed by atoms with Crippen molar-refractivity contribution in [2.24, 2.45) is 0 Å². The van der Waals surface area contributed by atoms with Gasteiger partial charge in [0, 0.05) is 22.2 Å². The van der Waals surface area contributed by atoms with Crippen molar-refractivity contribution in [1.82, 2.24) is 5.16 Å². The summed E-state index contributed by atoms with van der Waals surface area (Å²) in [6.07, 6.45) is 3.07. The third kappa shape index (κ3) is 4.18. The molecule has 7 heteroatoms. The molecule has 0 aliphatic carbocycles. The predicted octanol–water partition coefficient (Wildman–Crippen LogP) is 4.17. The summed E-state index contributed by atoms with van der Waals surface area (Å²) in [7, 11) is 1.57. The summed E-state index contributed by atoms with van der Waals surface area (Å²) in [4.78, 5) is 11.8. The Kier molecular flexibility index (Phi) is 5.19. The minimum absolute atomic E-state index is 0.304. The van der Waals surface area contributed by atoms with Gasteiger partial charge in [-0.3, -0.25) is 4.79 Å². The van der Waals surface area contributed by atoms with Gasteiger partial charge in [-0.15, -0.1) is 0 Å². The molecule has 1 aromatic carbocycles. The zero-order valence-corrected chi connectivity index (χ0v) is 14.5. The molecule has 0 aliphatic rings. The van der Waals surface area contributed by atoms with Gasteiger partial charge in [0.1, 0.15) is 11.5 Å². The fraction of sp³-hybridized carbons (Fsp3) is 0.143. The van der Waals surface area contributed by atoms with Crippen LogP contribution < -0.4 is 10.1 Å². The van der Waals surface area contributed by atoms with Crippen LogP contribution in [-0.2, 0) is 4.79 Å². The second kappa shape index (κ2) is 6.91. The van der Waals surface area contributed by atoms with Gasteiger partial charge in [0.05, 0.1) is 11.6 Å². The Bertz CT molecular complexity index is 696. The Hall–Kier alpha value is -1.60. The summed E-state index contributed by atoms with van der Waals surface area (Å²) in [6.45, 7) is 1.75. The summed E-state index contributed by atoms with van der Waals surface area (Å²) < 4.78 is 11.9. The Labute approximate surface area is 138 Å². The van der Waals surface area contributed by atoms with Gasteiger partial charge in [0.25, 0.3) is 0 Å². The number of anilines is 1. The highest BCUT2D eigenvalue weighted by atomic mass is 79.9. The Morgan fingerprint density at radius 3 is 2.76 bits per heavy atom. The summed E-state index contributed by atoms with van der Waals surface area (Å²) in [6, 6.07) is 5.37. The highest BCUT2D eigenvalue weighted by Crippen LogP contribution is 2.33. The van der Waals surface area contributed by atoms with Gasteiger partial charge in [-0.1, -0.05) is 21.1 Å². The summed E-state index contributed by atoms with van der Waals surface area (Å²) in [5.74, 6) is 1.36. The van der Waals surface area contributed by atoms with Crippen molar-refractivity contribution in [3.05, 3.63) is 44.5 Å². The zero-order valence-electron chi connectivity index (χ0n) is 11.3. The number of hydrogen-bond acceptors (Lipinski definition) is 4. The predicted molar refractivity (Wildman–Crippen MR) is 87.3 cm³/mol. The molecule has 21 heavy (non-hydrogen) atoms. The quantitative estimate of drug-likeness (QED) is 0.761. The molecule has 0 fully saturated rings. The molecule has 0 saturated heterocycles. The van der Waals surface area contributed by atoms with Crippen LogP contribution in [-0.4, -0.2) is 18.2 Å². The lowest BCUT2D eigenvalue weighted by Gasteiger charge is -2.08. The van der Waals surface area contributed by atoms with Crippen molar-refractivity contribution >= 4 is 49.7 Å². The van der Waals surface area contributed by atoms with E-state index >= 15 is 0 Å². The molecule has 1 amide bonds. The molecule has 110 valence electrons. The minimum atomic E-state index is -0.304. The first kappa shape index (κ1) is 15.8. The Balaban J connectivity index is 2.15. The van der Waals surface area contributed by atoms with Crippen LogP contribution in [0.25, 0.3) is 6.08 Å². The van der Waals surface area contributed by atoms with Crippen LogP contribution in [0.1, 0.15) is 11.3 Å². The van der Waals surface area contributed by atoms with E-state index in [9.17, 15) is 4.79 Å². The van der Waals surface area contributed by atoms with E-state index in [1.807, 2.05) is 12.1 Å². The summed E-state index contributed by atoms with van der Waals surface area (Å²) in [5, 5.41) is 6.30. The van der Waals surface area contributed by atoms with E-state index in [1.165, 1.54) is 6.08 Å². The lowest BCUT2D eigenvalue weighted by atomic mass is 10.2. The van der Waals surface area contributed by atoms with Crippen molar-refractivity contribution in [3.8, 4) is 5.75 Å². The number of aromatic nitrogens is 1. The maximum absolute atomic E-state index is 11.8. The number of aryl methyl sites for hydroxylation is 1. The Morgan fingerprint density at radius 1 is 1.38 bits per heavy atom. The van der Waals surface area contributed by atoms with Gasteiger partial charge in [0.2, 0.25) is 5.91 Å². The third-order valence-corrected chi connectivity index (χ3v) is 3.58. The molecule has 0 radical (unpaired) electrons. The first-order valence-electron chi connectivity index (χ1n) is 5.95. The van der Waals surface area contributed by atoms with E-state index in [2.05, 4.69) is 42.3 Å². The zero-order chi connectivity index (χ0) is 15.4. The molecule has 0 aliphatic heterocycles. The molecule has 0 unspecified atom stereocenters. The van der Waals surface area contributed by atoms with Crippen molar-refractivity contribution in [3.63, 3.8) is 0 Å². The molecule has 0 atom stereocenters. The van der Waals surface area contributed by atoms with Crippen molar-refractivity contribution in [2.75, 3.05) is 12.4 Å². The number of hydrogen-bond donors (Lipinski definition) is 1. The van der Waals surface area contributed by atoms with Gasteiger partial charge in [0.15, 0.2) is 5.82 Å². The standard InChI is InChI=1S/C14H12Br2N2O3/c1-8-5-12(18-21-8)17-13(19)4-3-9-6-10(15)7-11(16)14(9)20-2/h3-7H,1-2H3,(H,17,18,19)/b4-3+. The number of halogens is 2. The van der Waals surface area contributed by atoms with Gasteiger partial charge < -0.3 is 14.6 Å². The van der Waals surface area contributed by atoms with E-state index in [0.717, 1.165) is 14.5 Å². The number of ether oxygens (including phenoxy) is 1. The molecule has 5 nitrogen and oxygen atoms in total. The number of nitrogens with one attached hydrogen (secondary N) is 1. The van der Waals surface area contributed by atoms with Crippen molar-refractivity contribution in [2.45, 2.75) is 6.92 Å². The van der Waals surface area contributed by atoms with Gasteiger partial charge >= 0.3 is 0 Å². The molecule has 0 saturated carbocycles. The maximum Gasteiger partial charge on any atom is 0.249 e. The first-order valence-corrected chi connectivity index (χ1v) is 7.53. The van der Waals surface area contributed by atoms with Gasteiger partial charge in [-0.2, -0.15) is 0 Å². The van der Waals surface area contributed by atoms with E-state index in [4.69, 9.17) is 9.26 Å². The second-order valence-corrected chi connectivity index (χ2v) is 5.93. The highest BCUT2D eigenvalue weighted by molar-refractivity contribution is 9.11. The normalized spacial score (nSPS) is 10.9. The van der Waals surface area contributed by atoms with Crippen LogP contribution in [0.2, 0.25) is 0 Å². The average molecular weight is 416 g/mol. The fourth-order valence-corrected chi connectivity index (χ4v) is 3.10. The monoisotopic (exact) mass is 414 g/mol. The Morgan fingerprint density at radius 2 is 2.14 bits per heavy atom. The van der Waals surface area contributed by atoms with E-state index in [1.54, 1.807) is 26.2 Å². The lowest BCUT2D eigenvalue weighted by molar-refractivity contribution is -0.111. The number of carbonyl (C=O) groups excluding carboxylic acids is 1. The maximum atomic E-state index is 11.8. The van der Waals surface area contributed by atoms with Crippen LogP contribution in [0, 0.1) is 6.92 Å². The molecule has 0 spiro atoms. The summed E-state index contributed by atoms with van der Waals surface area (Å²) >= 11 is 6.81. The van der Waals surface area contributed by atoms with E-state index in [0.29, 0.717) is 17.3 Å². The third-order valence-electron chi connectivity index (χ3n) is 2.53. The molecule has 0 bridgehead atoms. The van der Waals surface area contributed by atoms with Crippen molar-refractivity contribution in [1.29, 1.82) is 0 Å². The van der Waals surface area contributed by atoms with Crippen LogP contribution in [0.15, 0.2) is 37.7 Å². The number of benzene rings is 1. The molecular weight excluding hydrogens is 404 g/mol. The summed E-state index contributed by atoms with van der Waals surface area (Å²) in [5.41, 5.74) is 0.769. The molecule has 1 N–H and O–H groups in total. The second-order valence-electron chi connectivity index (χ2n) is 4.16. The minimum Gasteiger partial charge on any atom is -0.495 e. The molecule has 2 aromatic rings. The number of nitrogens with zero attached hydrogens (tertiary/aromatic N) is 1. The number of methoxy groups -OCH3 is 1. The number of amides is 1. The van der Waals surface area contributed by atoms with E-state index < -0.39 is 0 Å². The van der Waals surface area contributed by atoms with Crippen LogP contribution in [0.4, 0.5) is 5.82 Å². The topological polar surface area (TPSA) is 64.4 Å². The van der Waals surface area contributed by atoms with Crippen molar-refractivity contribution < 1.29 is 14.1 Å². The number of carbonyl (C=O) groups is 1. The largest absolute Gasteiger partial charge is 0.495 e. The first-order chi connectivity index (χ1) is 9.99. The van der Waals surface area contributed by atoms with Gasteiger partial charge in [-0.25, -0.2) is 0 Å². The van der Waals surface area contributed by atoms with Gasteiger partial charge in [-0.05, 0) is 41.1 Å². The molecule has 1 aromatic heterocycles. The number of rotatable bonds is 4. The lowest BCUT2D eigenvalue weighted by Crippen LogP contribution is -2.07. The molecule has 1 heterocycles. The fourth-order valence-electron chi connectivity index (χ4n) is 1.68. The smallest absolute Gasteiger partial charge is 0.249 e. The SMILES string of the molecule is COc1c(Br)cc(Br)cc1/C=C/C(=O)Nc1cc(C)on1.